The molecular formula is C7H9N7O2. The van der Waals surface area contributed by atoms with Crippen LogP contribution in [0, 0.1) is 10.1 Å². The number of anilines is 1. The van der Waals surface area contributed by atoms with Crippen LogP contribution < -0.4 is 5.73 Å². The zero-order valence-corrected chi connectivity index (χ0v) is 8.65. The summed E-state index contributed by atoms with van der Waals surface area (Å²) >= 11 is 0. The zero-order valence-electron chi connectivity index (χ0n) is 8.65. The van der Waals surface area contributed by atoms with Gasteiger partial charge in [-0.2, -0.15) is 4.98 Å². The minimum absolute atomic E-state index is 0.124. The molecule has 0 aliphatic carbocycles. The predicted molar refractivity (Wildman–Crippen MR) is 54.3 cm³/mol. The molecule has 0 amide bonds. The van der Waals surface area contributed by atoms with Gasteiger partial charge in [-0.25, -0.2) is 14.2 Å². The van der Waals surface area contributed by atoms with Gasteiger partial charge in [-0.15, -0.1) is 5.10 Å². The van der Waals surface area contributed by atoms with Crippen molar-refractivity contribution >= 4 is 11.8 Å². The van der Waals surface area contributed by atoms with Gasteiger partial charge in [-0.05, 0) is 4.92 Å². The first-order valence-electron chi connectivity index (χ1n) is 4.33. The number of nitrogen functional groups attached to an aromatic ring is 1. The highest BCUT2D eigenvalue weighted by Gasteiger charge is 2.21. The average molecular weight is 223 g/mol. The normalized spacial score (nSPS) is 10.6. The van der Waals surface area contributed by atoms with Gasteiger partial charge in [0, 0.05) is 7.05 Å². The topological polar surface area (TPSA) is 118 Å². The number of nitrogens with two attached hydrogens (primary N) is 1. The molecule has 0 aliphatic rings. The molecule has 2 aromatic rings. The second-order valence-corrected chi connectivity index (χ2v) is 3.17. The SMILES string of the molecule is Cn1nc(-c2ncc([N+](=O)[O-])n2C)nc1N. The number of aryl methyl sites for hydroxylation is 1. The van der Waals surface area contributed by atoms with Crippen LogP contribution in [0.25, 0.3) is 11.6 Å². The van der Waals surface area contributed by atoms with Gasteiger partial charge in [0.05, 0.1) is 7.05 Å². The maximum atomic E-state index is 10.6. The van der Waals surface area contributed by atoms with E-state index in [2.05, 4.69) is 15.1 Å². The largest absolute Gasteiger partial charge is 0.368 e. The lowest BCUT2D eigenvalue weighted by Crippen LogP contribution is -2.00. The number of rotatable bonds is 2. The first-order valence-corrected chi connectivity index (χ1v) is 4.33. The summed E-state index contributed by atoms with van der Waals surface area (Å²) in [6, 6.07) is 0. The number of hydrogen-bond donors (Lipinski definition) is 1. The Morgan fingerprint density at radius 3 is 2.62 bits per heavy atom. The van der Waals surface area contributed by atoms with E-state index >= 15 is 0 Å². The summed E-state index contributed by atoms with van der Waals surface area (Å²) < 4.78 is 2.67. The molecule has 0 atom stereocenters. The number of nitrogens with zero attached hydrogens (tertiary/aromatic N) is 6. The third kappa shape index (κ3) is 1.38. The van der Waals surface area contributed by atoms with Crippen LogP contribution in [0.2, 0.25) is 0 Å². The summed E-state index contributed by atoms with van der Waals surface area (Å²) in [4.78, 5) is 17.9. The highest BCUT2D eigenvalue weighted by Crippen LogP contribution is 2.19. The van der Waals surface area contributed by atoms with Crippen molar-refractivity contribution < 1.29 is 4.92 Å². The van der Waals surface area contributed by atoms with Gasteiger partial charge in [0.15, 0.2) is 0 Å². The molecule has 9 nitrogen and oxygen atoms in total. The fourth-order valence-electron chi connectivity index (χ4n) is 1.27. The molecule has 0 saturated carbocycles. The summed E-state index contributed by atoms with van der Waals surface area (Å²) in [5.41, 5.74) is 5.51. The summed E-state index contributed by atoms with van der Waals surface area (Å²) in [5.74, 6) is 0.663. The van der Waals surface area contributed by atoms with E-state index in [0.29, 0.717) is 5.82 Å². The first kappa shape index (κ1) is 10.1. The molecule has 0 aromatic carbocycles. The Hall–Kier alpha value is -2.45. The monoisotopic (exact) mass is 223 g/mol. The smallest absolute Gasteiger partial charge is 0.343 e. The Morgan fingerprint density at radius 1 is 1.50 bits per heavy atom. The lowest BCUT2D eigenvalue weighted by Gasteiger charge is -1.94. The van der Waals surface area contributed by atoms with Gasteiger partial charge in [-0.1, -0.05) is 0 Å². The van der Waals surface area contributed by atoms with Crippen LogP contribution >= 0.6 is 0 Å². The van der Waals surface area contributed by atoms with E-state index < -0.39 is 4.92 Å². The fourth-order valence-corrected chi connectivity index (χ4v) is 1.27. The van der Waals surface area contributed by atoms with Gasteiger partial charge in [0.1, 0.15) is 6.20 Å². The molecule has 0 fully saturated rings. The molecule has 2 N–H and O–H groups in total. The van der Waals surface area contributed by atoms with Crippen LogP contribution in [0.5, 0.6) is 0 Å². The molecule has 84 valence electrons. The van der Waals surface area contributed by atoms with Gasteiger partial charge in [-0.3, -0.25) is 0 Å². The van der Waals surface area contributed by atoms with E-state index in [4.69, 9.17) is 5.73 Å². The highest BCUT2D eigenvalue weighted by molar-refractivity contribution is 5.49. The number of aromatic nitrogens is 5. The van der Waals surface area contributed by atoms with E-state index in [1.807, 2.05) is 0 Å². The molecule has 0 saturated heterocycles. The molecular weight excluding hydrogens is 214 g/mol. The molecule has 2 aromatic heterocycles. The molecule has 9 heteroatoms. The van der Waals surface area contributed by atoms with Crippen molar-refractivity contribution in [3.8, 4) is 11.6 Å². The number of nitro groups is 1. The van der Waals surface area contributed by atoms with Crippen LogP contribution in [0.3, 0.4) is 0 Å². The standard InChI is InChI=1S/C7H9N7O2/c1-12-4(14(15)16)3-9-6(12)5-10-7(8)13(2)11-5/h3H,1-2H3,(H2,8,10,11). The van der Waals surface area contributed by atoms with Crippen molar-refractivity contribution in [3.63, 3.8) is 0 Å². The first-order chi connectivity index (χ1) is 7.50. The minimum Gasteiger partial charge on any atom is -0.368 e. The van der Waals surface area contributed by atoms with Crippen LogP contribution in [-0.2, 0) is 14.1 Å². The quantitative estimate of drug-likeness (QED) is 0.551. The summed E-state index contributed by atoms with van der Waals surface area (Å²) in [6.45, 7) is 0. The summed E-state index contributed by atoms with van der Waals surface area (Å²) in [7, 11) is 3.15. The van der Waals surface area contributed by atoms with E-state index in [1.54, 1.807) is 7.05 Å². The molecule has 0 unspecified atom stereocenters. The minimum atomic E-state index is -0.525. The van der Waals surface area contributed by atoms with Crippen molar-refractivity contribution in [2.45, 2.75) is 0 Å². The van der Waals surface area contributed by atoms with Crippen molar-refractivity contribution in [2.24, 2.45) is 14.1 Å². The third-order valence-corrected chi connectivity index (χ3v) is 2.15. The molecule has 0 bridgehead atoms. The second-order valence-electron chi connectivity index (χ2n) is 3.17. The van der Waals surface area contributed by atoms with Gasteiger partial charge < -0.3 is 15.8 Å². The highest BCUT2D eigenvalue weighted by atomic mass is 16.6. The molecule has 16 heavy (non-hydrogen) atoms. The van der Waals surface area contributed by atoms with Crippen molar-refractivity contribution in [2.75, 3.05) is 5.73 Å². The van der Waals surface area contributed by atoms with E-state index in [-0.39, 0.29) is 17.6 Å². The van der Waals surface area contributed by atoms with Gasteiger partial charge in [0.25, 0.3) is 5.82 Å². The molecule has 0 radical (unpaired) electrons. The van der Waals surface area contributed by atoms with Crippen molar-refractivity contribution in [3.05, 3.63) is 16.3 Å². The van der Waals surface area contributed by atoms with E-state index in [9.17, 15) is 10.1 Å². The maximum Gasteiger partial charge on any atom is 0.343 e. The Balaban J connectivity index is 2.53. The lowest BCUT2D eigenvalue weighted by atomic mass is 10.6. The molecule has 2 rings (SSSR count). The maximum absolute atomic E-state index is 10.6. The molecule has 2 heterocycles. The fraction of sp³-hybridized carbons (Fsp3) is 0.286. The van der Waals surface area contributed by atoms with Crippen LogP contribution in [0.4, 0.5) is 11.8 Å². The summed E-state index contributed by atoms with van der Waals surface area (Å²) in [6.07, 6.45) is 1.15. The average Bonchev–Trinajstić information content (AvgIpc) is 2.71. The van der Waals surface area contributed by atoms with Crippen LogP contribution in [-0.4, -0.2) is 29.2 Å². The molecule has 0 spiro atoms. The Kier molecular flexibility index (Phi) is 2.07. The van der Waals surface area contributed by atoms with Crippen molar-refractivity contribution in [1.29, 1.82) is 0 Å². The Morgan fingerprint density at radius 2 is 2.19 bits per heavy atom. The Labute approximate surface area is 89.7 Å². The second kappa shape index (κ2) is 3.29. The summed E-state index contributed by atoms with van der Waals surface area (Å²) in [5, 5.41) is 14.6. The molecule has 0 aliphatic heterocycles. The van der Waals surface area contributed by atoms with Gasteiger partial charge in [0.2, 0.25) is 11.8 Å². The predicted octanol–water partition coefficient (Wildman–Crippen LogP) is -0.294. The number of hydrogen-bond acceptors (Lipinski definition) is 6. The van der Waals surface area contributed by atoms with Gasteiger partial charge >= 0.3 is 5.82 Å². The number of imidazole rings is 1. The third-order valence-electron chi connectivity index (χ3n) is 2.15. The Bertz CT molecular complexity index is 536. The van der Waals surface area contributed by atoms with E-state index in [1.165, 1.54) is 16.3 Å². The lowest BCUT2D eigenvalue weighted by molar-refractivity contribution is -0.391. The van der Waals surface area contributed by atoms with Crippen LogP contribution in [0.15, 0.2) is 6.20 Å². The van der Waals surface area contributed by atoms with E-state index in [0.717, 1.165) is 6.20 Å². The zero-order chi connectivity index (χ0) is 11.9. The van der Waals surface area contributed by atoms with Crippen molar-refractivity contribution in [1.82, 2.24) is 24.3 Å². The van der Waals surface area contributed by atoms with Crippen LogP contribution in [0.1, 0.15) is 0 Å².